The molecule has 1 aromatic heterocycles. The van der Waals surface area contributed by atoms with Crippen molar-refractivity contribution in [3.05, 3.63) is 17.0 Å². The molecule has 0 aliphatic carbocycles. The van der Waals surface area contributed by atoms with Gasteiger partial charge in [-0.25, -0.2) is 4.79 Å². The number of carboxylic acids is 1. The number of hydrogen-bond acceptors (Lipinski definition) is 3. The lowest BCUT2D eigenvalue weighted by molar-refractivity contribution is -0.111. The molecule has 0 bridgehead atoms. The SMILES string of the molecule is CC#CC(=O)Nc1ccc(C(=O)O)s1. The molecular formula is C9H7NO3S. The highest BCUT2D eigenvalue weighted by Gasteiger charge is 2.07. The van der Waals surface area contributed by atoms with Gasteiger partial charge in [-0.05, 0) is 25.0 Å². The van der Waals surface area contributed by atoms with E-state index in [2.05, 4.69) is 17.2 Å². The average molecular weight is 209 g/mol. The van der Waals surface area contributed by atoms with Crippen LogP contribution in [0.5, 0.6) is 0 Å². The maximum absolute atomic E-state index is 11.0. The van der Waals surface area contributed by atoms with Gasteiger partial charge in [-0.15, -0.1) is 11.3 Å². The molecule has 1 amide bonds. The minimum atomic E-state index is -1.00. The number of anilines is 1. The largest absolute Gasteiger partial charge is 0.477 e. The molecule has 0 fully saturated rings. The van der Waals surface area contributed by atoms with Gasteiger partial charge in [-0.1, -0.05) is 5.92 Å². The third-order valence-electron chi connectivity index (χ3n) is 1.29. The molecule has 4 nitrogen and oxygen atoms in total. The third kappa shape index (κ3) is 2.61. The van der Waals surface area contributed by atoms with Gasteiger partial charge in [-0.3, -0.25) is 4.79 Å². The van der Waals surface area contributed by atoms with E-state index in [-0.39, 0.29) is 4.88 Å². The van der Waals surface area contributed by atoms with Gasteiger partial charge in [0.2, 0.25) is 0 Å². The van der Waals surface area contributed by atoms with Gasteiger partial charge in [0.15, 0.2) is 0 Å². The standard InChI is InChI=1S/C9H7NO3S/c1-2-3-7(11)10-8-5-4-6(14-8)9(12)13/h4-5H,1H3,(H,10,11)(H,12,13). The predicted molar refractivity (Wildman–Crippen MR) is 53.4 cm³/mol. The third-order valence-corrected chi connectivity index (χ3v) is 2.28. The highest BCUT2D eigenvalue weighted by Crippen LogP contribution is 2.21. The Balaban J connectivity index is 2.72. The molecule has 2 N–H and O–H groups in total. The Morgan fingerprint density at radius 2 is 2.21 bits per heavy atom. The van der Waals surface area contributed by atoms with Crippen LogP contribution >= 0.6 is 11.3 Å². The lowest BCUT2D eigenvalue weighted by Crippen LogP contribution is -2.06. The van der Waals surface area contributed by atoms with Gasteiger partial charge < -0.3 is 10.4 Å². The monoisotopic (exact) mass is 209 g/mol. The predicted octanol–water partition coefficient (Wildman–Crippen LogP) is 1.41. The number of amides is 1. The van der Waals surface area contributed by atoms with Crippen LogP contribution in [0.15, 0.2) is 12.1 Å². The van der Waals surface area contributed by atoms with Crippen LogP contribution in [0.3, 0.4) is 0 Å². The number of rotatable bonds is 2. The summed E-state index contributed by atoms with van der Waals surface area (Å²) in [5, 5.41) is 11.5. The van der Waals surface area contributed by atoms with Crippen molar-refractivity contribution in [1.82, 2.24) is 0 Å². The average Bonchev–Trinajstić information content (AvgIpc) is 2.53. The molecule has 72 valence electrons. The zero-order valence-corrected chi connectivity index (χ0v) is 8.14. The van der Waals surface area contributed by atoms with Crippen molar-refractivity contribution in [3.8, 4) is 11.8 Å². The number of thiophene rings is 1. The Bertz CT molecular complexity index is 425. The van der Waals surface area contributed by atoms with Gasteiger partial charge in [0.25, 0.3) is 0 Å². The summed E-state index contributed by atoms with van der Waals surface area (Å²) in [4.78, 5) is 21.6. The number of carbonyl (C=O) groups is 2. The first-order valence-electron chi connectivity index (χ1n) is 3.70. The fourth-order valence-electron chi connectivity index (χ4n) is 0.777. The first-order chi connectivity index (χ1) is 6.63. The van der Waals surface area contributed by atoms with Crippen LogP contribution in [0.4, 0.5) is 5.00 Å². The van der Waals surface area contributed by atoms with Crippen LogP contribution in [-0.2, 0) is 4.79 Å². The molecule has 0 aromatic carbocycles. The summed E-state index contributed by atoms with van der Waals surface area (Å²) in [6.45, 7) is 1.55. The van der Waals surface area contributed by atoms with Gasteiger partial charge in [-0.2, -0.15) is 0 Å². The number of nitrogens with one attached hydrogen (secondary N) is 1. The number of aromatic carboxylic acids is 1. The second-order valence-electron chi connectivity index (χ2n) is 2.30. The van der Waals surface area contributed by atoms with E-state index < -0.39 is 11.9 Å². The Labute approximate surface area is 84.6 Å². The number of carboxylic acid groups (broad SMARTS) is 1. The molecule has 1 rings (SSSR count). The molecule has 0 saturated carbocycles. The molecule has 0 aliphatic heterocycles. The Hall–Kier alpha value is -1.80. The lowest BCUT2D eigenvalue weighted by atomic mass is 10.4. The summed E-state index contributed by atoms with van der Waals surface area (Å²) in [7, 11) is 0. The van der Waals surface area contributed by atoms with Crippen molar-refractivity contribution in [2.45, 2.75) is 6.92 Å². The maximum Gasteiger partial charge on any atom is 0.345 e. The van der Waals surface area contributed by atoms with Crippen molar-refractivity contribution < 1.29 is 14.7 Å². The van der Waals surface area contributed by atoms with E-state index in [0.29, 0.717) is 5.00 Å². The summed E-state index contributed by atoms with van der Waals surface area (Å²) in [6, 6.07) is 2.96. The molecule has 1 heterocycles. The smallest absolute Gasteiger partial charge is 0.345 e. The highest BCUT2D eigenvalue weighted by molar-refractivity contribution is 7.18. The van der Waals surface area contributed by atoms with Crippen LogP contribution in [0.2, 0.25) is 0 Å². The zero-order valence-electron chi connectivity index (χ0n) is 7.33. The van der Waals surface area contributed by atoms with E-state index >= 15 is 0 Å². The summed E-state index contributed by atoms with van der Waals surface area (Å²) in [6.07, 6.45) is 0. The summed E-state index contributed by atoms with van der Waals surface area (Å²) in [5.74, 6) is 3.29. The Kier molecular flexibility index (Phi) is 3.26. The molecule has 1 aromatic rings. The Morgan fingerprint density at radius 3 is 2.71 bits per heavy atom. The maximum atomic E-state index is 11.0. The molecule has 0 spiro atoms. The van der Waals surface area contributed by atoms with E-state index in [1.54, 1.807) is 6.92 Å². The molecule has 0 unspecified atom stereocenters. The van der Waals surface area contributed by atoms with Crippen LogP contribution in [0.1, 0.15) is 16.6 Å². The molecule has 14 heavy (non-hydrogen) atoms. The summed E-state index contributed by atoms with van der Waals surface area (Å²) in [5.41, 5.74) is 0. The molecule has 0 aliphatic rings. The second kappa shape index (κ2) is 4.44. The molecular weight excluding hydrogens is 202 g/mol. The van der Waals surface area contributed by atoms with Crippen LogP contribution in [0, 0.1) is 11.8 Å². The molecule has 0 atom stereocenters. The first-order valence-corrected chi connectivity index (χ1v) is 4.52. The topological polar surface area (TPSA) is 66.4 Å². The summed E-state index contributed by atoms with van der Waals surface area (Å²) >= 11 is 0.996. The number of carbonyl (C=O) groups excluding carboxylic acids is 1. The second-order valence-corrected chi connectivity index (χ2v) is 3.38. The molecule has 0 saturated heterocycles. The fraction of sp³-hybridized carbons (Fsp3) is 0.111. The minimum Gasteiger partial charge on any atom is -0.477 e. The molecule has 5 heteroatoms. The van der Waals surface area contributed by atoms with Crippen molar-refractivity contribution in [2.24, 2.45) is 0 Å². The highest BCUT2D eigenvalue weighted by atomic mass is 32.1. The quantitative estimate of drug-likeness (QED) is 0.724. The van der Waals surface area contributed by atoms with Gasteiger partial charge in [0.1, 0.15) is 4.88 Å². The van der Waals surface area contributed by atoms with E-state index in [0.717, 1.165) is 11.3 Å². The van der Waals surface area contributed by atoms with Crippen molar-refractivity contribution in [3.63, 3.8) is 0 Å². The van der Waals surface area contributed by atoms with Crippen molar-refractivity contribution in [1.29, 1.82) is 0 Å². The summed E-state index contributed by atoms with van der Waals surface area (Å²) < 4.78 is 0. The van der Waals surface area contributed by atoms with Gasteiger partial charge >= 0.3 is 11.9 Å². The van der Waals surface area contributed by atoms with Crippen LogP contribution in [-0.4, -0.2) is 17.0 Å². The molecule has 0 radical (unpaired) electrons. The van der Waals surface area contributed by atoms with Crippen molar-refractivity contribution in [2.75, 3.05) is 5.32 Å². The van der Waals surface area contributed by atoms with Crippen molar-refractivity contribution >= 4 is 28.2 Å². The minimum absolute atomic E-state index is 0.185. The van der Waals surface area contributed by atoms with Gasteiger partial charge in [0, 0.05) is 0 Å². The van der Waals surface area contributed by atoms with E-state index in [4.69, 9.17) is 5.11 Å². The normalized spacial score (nSPS) is 8.64. The van der Waals surface area contributed by atoms with E-state index in [9.17, 15) is 9.59 Å². The Morgan fingerprint density at radius 1 is 1.50 bits per heavy atom. The number of hydrogen-bond donors (Lipinski definition) is 2. The van der Waals surface area contributed by atoms with E-state index in [1.807, 2.05) is 0 Å². The lowest BCUT2D eigenvalue weighted by Gasteiger charge is -1.93. The zero-order chi connectivity index (χ0) is 10.6. The van der Waals surface area contributed by atoms with Gasteiger partial charge in [0.05, 0.1) is 5.00 Å². The van der Waals surface area contributed by atoms with Crippen LogP contribution < -0.4 is 5.32 Å². The van der Waals surface area contributed by atoms with E-state index in [1.165, 1.54) is 12.1 Å². The fourth-order valence-corrected chi connectivity index (χ4v) is 1.52. The van der Waals surface area contributed by atoms with Crippen LogP contribution in [0.25, 0.3) is 0 Å². The first kappa shape index (κ1) is 10.3.